The molecule has 28 heavy (non-hydrogen) atoms. The number of pyridine rings is 1. The average Bonchev–Trinajstić information content (AvgIpc) is 3.51. The number of carbonyl (C=O) groups is 1. The third kappa shape index (κ3) is 5.55. The van der Waals surface area contributed by atoms with Gasteiger partial charge < -0.3 is 9.57 Å². The van der Waals surface area contributed by atoms with Crippen LogP contribution >= 0.6 is 0 Å². The standard InChI is InChI=1S/C20H19F3N2O3/c1-13(25-28-11-14-2-7-17(8-3-14)20(21,22)23)16-6-9-19(24-10-16)27-12-18(26)15-4-5-15/h2-3,6-10,15H,4-5,11-12H2,1H3/b25-13+. The second-order valence-corrected chi connectivity index (χ2v) is 6.56. The second kappa shape index (κ2) is 8.41. The molecule has 1 fully saturated rings. The summed E-state index contributed by atoms with van der Waals surface area (Å²) in [5, 5.41) is 3.96. The molecule has 0 radical (unpaired) electrons. The SMILES string of the molecule is C/C(=N\OCc1ccc(C(F)(F)F)cc1)c1ccc(OCC(=O)C2CC2)nc1. The molecule has 0 spiro atoms. The molecule has 5 nitrogen and oxygen atoms in total. The molecule has 0 aliphatic heterocycles. The van der Waals surface area contributed by atoms with Crippen LogP contribution in [0.4, 0.5) is 13.2 Å². The Morgan fingerprint density at radius 1 is 1.18 bits per heavy atom. The number of ether oxygens (including phenoxy) is 1. The number of rotatable bonds is 8. The number of alkyl halides is 3. The van der Waals surface area contributed by atoms with E-state index in [-0.39, 0.29) is 24.9 Å². The fourth-order valence-electron chi connectivity index (χ4n) is 2.39. The molecule has 1 saturated carbocycles. The van der Waals surface area contributed by atoms with Crippen molar-refractivity contribution in [3.8, 4) is 5.88 Å². The summed E-state index contributed by atoms with van der Waals surface area (Å²) in [5.74, 6) is 0.604. The van der Waals surface area contributed by atoms with Crippen molar-refractivity contribution in [2.45, 2.75) is 32.5 Å². The van der Waals surface area contributed by atoms with E-state index in [1.807, 2.05) is 0 Å². The zero-order valence-electron chi connectivity index (χ0n) is 15.2. The Labute approximate surface area is 160 Å². The lowest BCUT2D eigenvalue weighted by atomic mass is 10.1. The van der Waals surface area contributed by atoms with Gasteiger partial charge in [0.05, 0.1) is 11.3 Å². The maximum atomic E-state index is 12.5. The smallest absolute Gasteiger partial charge is 0.416 e. The van der Waals surface area contributed by atoms with Gasteiger partial charge in [0, 0.05) is 23.7 Å². The summed E-state index contributed by atoms with van der Waals surface area (Å²) in [4.78, 5) is 21.0. The van der Waals surface area contributed by atoms with Crippen LogP contribution in [0.3, 0.4) is 0 Å². The van der Waals surface area contributed by atoms with Gasteiger partial charge in [-0.05, 0) is 43.5 Å². The summed E-state index contributed by atoms with van der Waals surface area (Å²) < 4.78 is 43.0. The minimum Gasteiger partial charge on any atom is -0.470 e. The summed E-state index contributed by atoms with van der Waals surface area (Å²) in [5.41, 5.74) is 1.13. The highest BCUT2D eigenvalue weighted by molar-refractivity contribution is 5.98. The maximum Gasteiger partial charge on any atom is 0.416 e. The van der Waals surface area contributed by atoms with Crippen molar-refractivity contribution >= 4 is 11.5 Å². The molecule has 0 bridgehead atoms. The molecule has 1 heterocycles. The van der Waals surface area contributed by atoms with Crippen LogP contribution in [-0.4, -0.2) is 23.1 Å². The maximum absolute atomic E-state index is 12.5. The van der Waals surface area contributed by atoms with E-state index in [4.69, 9.17) is 9.57 Å². The van der Waals surface area contributed by atoms with Crippen LogP contribution in [-0.2, 0) is 22.4 Å². The van der Waals surface area contributed by atoms with Crippen molar-refractivity contribution in [2.75, 3.05) is 6.61 Å². The molecule has 0 amide bonds. The van der Waals surface area contributed by atoms with Gasteiger partial charge in [0.25, 0.3) is 0 Å². The van der Waals surface area contributed by atoms with Gasteiger partial charge in [0.15, 0.2) is 5.78 Å². The Bertz CT molecular complexity index is 842. The van der Waals surface area contributed by atoms with Gasteiger partial charge in [0.1, 0.15) is 13.2 Å². The average molecular weight is 392 g/mol. The van der Waals surface area contributed by atoms with E-state index in [0.29, 0.717) is 22.7 Å². The predicted molar refractivity (Wildman–Crippen MR) is 95.9 cm³/mol. The number of benzene rings is 1. The van der Waals surface area contributed by atoms with Crippen molar-refractivity contribution in [1.82, 2.24) is 4.98 Å². The number of aromatic nitrogens is 1. The third-order valence-corrected chi connectivity index (χ3v) is 4.26. The van der Waals surface area contributed by atoms with E-state index in [0.717, 1.165) is 25.0 Å². The zero-order chi connectivity index (χ0) is 20.1. The lowest BCUT2D eigenvalue weighted by molar-refractivity contribution is -0.137. The van der Waals surface area contributed by atoms with Gasteiger partial charge in [0.2, 0.25) is 5.88 Å². The number of ketones is 1. The van der Waals surface area contributed by atoms with Gasteiger partial charge in [-0.15, -0.1) is 0 Å². The van der Waals surface area contributed by atoms with Crippen molar-refractivity contribution in [3.63, 3.8) is 0 Å². The van der Waals surface area contributed by atoms with Crippen LogP contribution in [0.1, 0.15) is 36.5 Å². The number of oxime groups is 1. The van der Waals surface area contributed by atoms with E-state index in [1.54, 1.807) is 25.3 Å². The third-order valence-electron chi connectivity index (χ3n) is 4.26. The number of carbonyl (C=O) groups excluding carboxylic acids is 1. The normalized spacial score (nSPS) is 14.6. The van der Waals surface area contributed by atoms with Crippen molar-refractivity contribution < 1.29 is 27.5 Å². The van der Waals surface area contributed by atoms with E-state index >= 15 is 0 Å². The summed E-state index contributed by atoms with van der Waals surface area (Å²) in [6.07, 6.45) is -0.924. The minimum absolute atomic E-state index is 0.0281. The first-order valence-electron chi connectivity index (χ1n) is 8.77. The molecule has 148 valence electrons. The molecule has 1 aliphatic carbocycles. The van der Waals surface area contributed by atoms with Crippen molar-refractivity contribution in [1.29, 1.82) is 0 Å². The fourth-order valence-corrected chi connectivity index (χ4v) is 2.39. The van der Waals surface area contributed by atoms with E-state index in [1.165, 1.54) is 12.1 Å². The first-order chi connectivity index (χ1) is 13.3. The predicted octanol–water partition coefficient (Wildman–Crippen LogP) is 4.40. The Hall–Kier alpha value is -2.90. The Balaban J connectivity index is 1.49. The van der Waals surface area contributed by atoms with Gasteiger partial charge in [-0.25, -0.2) is 4.98 Å². The van der Waals surface area contributed by atoms with Crippen LogP contribution in [0.25, 0.3) is 0 Å². The van der Waals surface area contributed by atoms with E-state index < -0.39 is 11.7 Å². The quantitative estimate of drug-likeness (QED) is 0.494. The summed E-state index contributed by atoms with van der Waals surface area (Å²) in [6.45, 7) is 1.80. The molecule has 0 N–H and O–H groups in total. The Kier molecular flexibility index (Phi) is 5.96. The number of Topliss-reactive ketones (excluding diaryl/α,β-unsaturated/α-hetero) is 1. The molecule has 2 aromatic rings. The molecule has 1 aromatic heterocycles. The number of nitrogens with zero attached hydrogens (tertiary/aromatic N) is 2. The highest BCUT2D eigenvalue weighted by Gasteiger charge is 2.30. The van der Waals surface area contributed by atoms with Gasteiger partial charge in [-0.2, -0.15) is 13.2 Å². The Morgan fingerprint density at radius 2 is 1.89 bits per heavy atom. The molecule has 0 unspecified atom stereocenters. The highest BCUT2D eigenvalue weighted by atomic mass is 19.4. The minimum atomic E-state index is -4.36. The van der Waals surface area contributed by atoms with Gasteiger partial charge >= 0.3 is 6.18 Å². The fraction of sp³-hybridized carbons (Fsp3) is 0.350. The van der Waals surface area contributed by atoms with Crippen molar-refractivity contribution in [3.05, 3.63) is 59.3 Å². The highest BCUT2D eigenvalue weighted by Crippen LogP contribution is 2.30. The molecule has 1 aliphatic rings. The molecular weight excluding hydrogens is 373 g/mol. The van der Waals surface area contributed by atoms with Crippen LogP contribution in [0.5, 0.6) is 5.88 Å². The van der Waals surface area contributed by atoms with Gasteiger partial charge in [-0.1, -0.05) is 17.3 Å². The van der Waals surface area contributed by atoms with Crippen LogP contribution in [0, 0.1) is 5.92 Å². The topological polar surface area (TPSA) is 60.8 Å². The zero-order valence-corrected chi connectivity index (χ0v) is 15.2. The number of hydrogen-bond donors (Lipinski definition) is 0. The lowest BCUT2D eigenvalue weighted by Gasteiger charge is -2.07. The first-order valence-corrected chi connectivity index (χ1v) is 8.77. The number of halogens is 3. The molecule has 3 rings (SSSR count). The summed E-state index contributed by atoms with van der Waals surface area (Å²) >= 11 is 0. The molecule has 8 heteroatoms. The first kappa shape index (κ1) is 19.9. The van der Waals surface area contributed by atoms with E-state index in [9.17, 15) is 18.0 Å². The molecule has 1 aromatic carbocycles. The molecule has 0 saturated heterocycles. The summed E-state index contributed by atoms with van der Waals surface area (Å²) in [7, 11) is 0. The van der Waals surface area contributed by atoms with Crippen LogP contribution in [0.2, 0.25) is 0 Å². The molecular formula is C20H19F3N2O3. The molecule has 0 atom stereocenters. The second-order valence-electron chi connectivity index (χ2n) is 6.56. The Morgan fingerprint density at radius 3 is 2.46 bits per heavy atom. The monoisotopic (exact) mass is 392 g/mol. The van der Waals surface area contributed by atoms with Crippen molar-refractivity contribution in [2.24, 2.45) is 11.1 Å². The number of hydrogen-bond acceptors (Lipinski definition) is 5. The van der Waals surface area contributed by atoms with Crippen LogP contribution < -0.4 is 4.74 Å². The van der Waals surface area contributed by atoms with Gasteiger partial charge in [-0.3, -0.25) is 4.79 Å². The van der Waals surface area contributed by atoms with E-state index in [2.05, 4.69) is 10.1 Å². The summed E-state index contributed by atoms with van der Waals surface area (Å²) in [6, 6.07) is 8.10. The lowest BCUT2D eigenvalue weighted by Crippen LogP contribution is -2.13. The largest absolute Gasteiger partial charge is 0.470 e. The van der Waals surface area contributed by atoms with Crippen LogP contribution in [0.15, 0.2) is 47.8 Å².